The Bertz CT molecular complexity index is 681. The molecular formula is C19H21NO2. The normalized spacial score (nSPS) is 20.9. The van der Waals surface area contributed by atoms with Crippen LogP contribution in [-0.4, -0.2) is 12.6 Å². The Kier molecular flexibility index (Phi) is 4.14. The van der Waals surface area contributed by atoms with Gasteiger partial charge in [-0.05, 0) is 43.0 Å². The van der Waals surface area contributed by atoms with Gasteiger partial charge in [-0.1, -0.05) is 42.0 Å². The summed E-state index contributed by atoms with van der Waals surface area (Å²) < 4.78 is 5.31. The lowest BCUT2D eigenvalue weighted by molar-refractivity contribution is -0.141. The van der Waals surface area contributed by atoms with Crippen LogP contribution in [0.3, 0.4) is 0 Å². The van der Waals surface area contributed by atoms with Gasteiger partial charge in [0.2, 0.25) is 0 Å². The van der Waals surface area contributed by atoms with Crippen molar-refractivity contribution in [3.8, 4) is 0 Å². The number of carbonyl (C=O) groups excluding carboxylic acids is 1. The summed E-state index contributed by atoms with van der Waals surface area (Å²) in [7, 11) is 0. The molecular weight excluding hydrogens is 274 g/mol. The van der Waals surface area contributed by atoms with E-state index in [4.69, 9.17) is 10.5 Å². The van der Waals surface area contributed by atoms with Crippen LogP contribution >= 0.6 is 0 Å². The van der Waals surface area contributed by atoms with Crippen molar-refractivity contribution in [3.05, 3.63) is 65.2 Å². The highest BCUT2D eigenvalue weighted by atomic mass is 16.5. The molecule has 0 bridgehead atoms. The van der Waals surface area contributed by atoms with E-state index in [1.54, 1.807) is 0 Å². The maximum Gasteiger partial charge on any atom is 0.309 e. The van der Waals surface area contributed by atoms with E-state index in [2.05, 4.69) is 31.2 Å². The van der Waals surface area contributed by atoms with Crippen molar-refractivity contribution in [2.24, 2.45) is 11.8 Å². The van der Waals surface area contributed by atoms with Crippen molar-refractivity contribution in [2.75, 3.05) is 12.3 Å². The summed E-state index contributed by atoms with van der Waals surface area (Å²) in [5.74, 6) is 0.0677. The van der Waals surface area contributed by atoms with Crippen molar-refractivity contribution >= 4 is 11.7 Å². The van der Waals surface area contributed by atoms with Gasteiger partial charge in [0.15, 0.2) is 0 Å². The van der Waals surface area contributed by atoms with E-state index in [0.29, 0.717) is 13.0 Å². The second kappa shape index (κ2) is 6.22. The Hall–Kier alpha value is -2.29. The van der Waals surface area contributed by atoms with Crippen LogP contribution in [0.15, 0.2) is 48.5 Å². The minimum atomic E-state index is -0.0833. The summed E-state index contributed by atoms with van der Waals surface area (Å²) >= 11 is 0. The standard InChI is InChI=1S/C19H21NO2/c1-13-4-2-5-14(8-13)9-16-12-22-19(21)18(16)11-15-6-3-7-17(20)10-15/h2-8,10,16,18H,9,11-12,20H2,1H3/t16-,18?/m0/s1. The van der Waals surface area contributed by atoms with Crippen LogP contribution < -0.4 is 5.73 Å². The third-order valence-corrected chi connectivity index (χ3v) is 4.30. The van der Waals surface area contributed by atoms with Crippen molar-refractivity contribution in [1.29, 1.82) is 0 Å². The third-order valence-electron chi connectivity index (χ3n) is 4.30. The largest absolute Gasteiger partial charge is 0.465 e. The Morgan fingerprint density at radius 3 is 2.55 bits per heavy atom. The van der Waals surface area contributed by atoms with Gasteiger partial charge in [0.05, 0.1) is 12.5 Å². The highest BCUT2D eigenvalue weighted by molar-refractivity contribution is 5.75. The molecule has 0 aliphatic carbocycles. The summed E-state index contributed by atoms with van der Waals surface area (Å²) in [6.45, 7) is 2.60. The second-order valence-electron chi connectivity index (χ2n) is 6.14. The molecule has 3 heteroatoms. The highest BCUT2D eigenvalue weighted by Gasteiger charge is 2.36. The van der Waals surface area contributed by atoms with Gasteiger partial charge in [-0.25, -0.2) is 0 Å². The van der Waals surface area contributed by atoms with Crippen LogP contribution in [0.1, 0.15) is 16.7 Å². The lowest BCUT2D eigenvalue weighted by Crippen LogP contribution is -2.20. The zero-order chi connectivity index (χ0) is 15.5. The summed E-state index contributed by atoms with van der Waals surface area (Å²) in [6.07, 6.45) is 1.57. The van der Waals surface area contributed by atoms with E-state index in [0.717, 1.165) is 17.7 Å². The number of esters is 1. The van der Waals surface area contributed by atoms with Gasteiger partial charge < -0.3 is 10.5 Å². The Morgan fingerprint density at radius 1 is 1.09 bits per heavy atom. The van der Waals surface area contributed by atoms with E-state index in [9.17, 15) is 4.79 Å². The fraction of sp³-hybridized carbons (Fsp3) is 0.316. The van der Waals surface area contributed by atoms with Crippen LogP contribution in [0.4, 0.5) is 5.69 Å². The number of ether oxygens (including phenoxy) is 1. The predicted octanol–water partition coefficient (Wildman–Crippen LogP) is 3.15. The molecule has 1 heterocycles. The molecule has 2 aromatic rings. The van der Waals surface area contributed by atoms with Crippen LogP contribution in [0, 0.1) is 18.8 Å². The smallest absolute Gasteiger partial charge is 0.309 e. The van der Waals surface area contributed by atoms with E-state index in [-0.39, 0.29) is 17.8 Å². The first-order valence-corrected chi connectivity index (χ1v) is 7.68. The molecule has 1 fully saturated rings. The van der Waals surface area contributed by atoms with Gasteiger partial charge in [0, 0.05) is 11.6 Å². The zero-order valence-corrected chi connectivity index (χ0v) is 12.8. The SMILES string of the molecule is Cc1cccc(C[C@H]2COC(=O)C2Cc2cccc(N)c2)c1. The minimum absolute atomic E-state index is 0.0812. The molecule has 0 radical (unpaired) electrons. The van der Waals surface area contributed by atoms with E-state index < -0.39 is 0 Å². The number of carbonyl (C=O) groups is 1. The van der Waals surface area contributed by atoms with Gasteiger partial charge in [-0.3, -0.25) is 4.79 Å². The fourth-order valence-corrected chi connectivity index (χ4v) is 3.17. The first kappa shape index (κ1) is 14.6. The highest BCUT2D eigenvalue weighted by Crippen LogP contribution is 2.29. The lowest BCUT2D eigenvalue weighted by atomic mass is 9.85. The molecule has 1 aliphatic heterocycles. The first-order valence-electron chi connectivity index (χ1n) is 7.68. The number of hydrogen-bond acceptors (Lipinski definition) is 3. The molecule has 0 amide bonds. The van der Waals surface area contributed by atoms with Gasteiger partial charge in [0.25, 0.3) is 0 Å². The minimum Gasteiger partial charge on any atom is -0.465 e. The van der Waals surface area contributed by atoms with Crippen molar-refractivity contribution < 1.29 is 9.53 Å². The molecule has 0 saturated carbocycles. The van der Waals surface area contributed by atoms with Gasteiger partial charge in [0.1, 0.15) is 0 Å². The molecule has 2 N–H and O–H groups in total. The molecule has 2 atom stereocenters. The van der Waals surface area contributed by atoms with Crippen LogP contribution in [0.25, 0.3) is 0 Å². The van der Waals surface area contributed by atoms with Crippen LogP contribution in [0.5, 0.6) is 0 Å². The van der Waals surface area contributed by atoms with Crippen molar-refractivity contribution in [1.82, 2.24) is 0 Å². The quantitative estimate of drug-likeness (QED) is 0.696. The molecule has 1 aliphatic rings. The van der Waals surface area contributed by atoms with E-state index >= 15 is 0 Å². The summed E-state index contributed by atoms with van der Waals surface area (Å²) in [5, 5.41) is 0. The van der Waals surface area contributed by atoms with Gasteiger partial charge in [-0.2, -0.15) is 0 Å². The third kappa shape index (κ3) is 3.30. The predicted molar refractivity (Wildman–Crippen MR) is 87.4 cm³/mol. The monoisotopic (exact) mass is 295 g/mol. The molecule has 1 unspecified atom stereocenters. The Morgan fingerprint density at radius 2 is 1.82 bits per heavy atom. The molecule has 2 aromatic carbocycles. The average molecular weight is 295 g/mol. The number of aryl methyl sites for hydroxylation is 1. The maximum absolute atomic E-state index is 12.1. The Labute approximate surface area is 131 Å². The molecule has 114 valence electrons. The van der Waals surface area contributed by atoms with Gasteiger partial charge in [-0.15, -0.1) is 0 Å². The van der Waals surface area contributed by atoms with Crippen molar-refractivity contribution in [2.45, 2.75) is 19.8 Å². The van der Waals surface area contributed by atoms with E-state index in [1.165, 1.54) is 11.1 Å². The molecule has 3 nitrogen and oxygen atoms in total. The average Bonchev–Trinajstić information content (AvgIpc) is 2.80. The van der Waals surface area contributed by atoms with Gasteiger partial charge >= 0.3 is 5.97 Å². The molecule has 0 spiro atoms. The molecule has 0 aromatic heterocycles. The molecule has 1 saturated heterocycles. The number of benzene rings is 2. The van der Waals surface area contributed by atoms with Crippen molar-refractivity contribution in [3.63, 3.8) is 0 Å². The number of hydrogen-bond donors (Lipinski definition) is 1. The van der Waals surface area contributed by atoms with Crippen LogP contribution in [0.2, 0.25) is 0 Å². The molecule has 3 rings (SSSR count). The summed E-state index contributed by atoms with van der Waals surface area (Å²) in [6, 6.07) is 16.2. The molecule has 22 heavy (non-hydrogen) atoms. The van der Waals surface area contributed by atoms with Crippen LogP contribution in [-0.2, 0) is 22.4 Å². The number of anilines is 1. The zero-order valence-electron chi connectivity index (χ0n) is 12.8. The topological polar surface area (TPSA) is 52.3 Å². The number of nitrogen functional groups attached to an aromatic ring is 1. The fourth-order valence-electron chi connectivity index (χ4n) is 3.17. The summed E-state index contributed by atoms with van der Waals surface area (Å²) in [4.78, 5) is 12.1. The second-order valence-corrected chi connectivity index (χ2v) is 6.14. The lowest BCUT2D eigenvalue weighted by Gasteiger charge is -2.16. The Balaban J connectivity index is 1.74. The maximum atomic E-state index is 12.1. The first-order chi connectivity index (χ1) is 10.6. The van der Waals surface area contributed by atoms with E-state index in [1.807, 2.05) is 24.3 Å². The number of rotatable bonds is 4. The number of nitrogens with two attached hydrogens (primary N) is 1. The summed E-state index contributed by atoms with van der Waals surface area (Å²) in [5.41, 5.74) is 10.2. The number of cyclic esters (lactones) is 1.